The average molecular weight is 280 g/mol. The Bertz CT molecular complexity index is 692. The first-order valence-electron chi connectivity index (χ1n) is 7.39. The van der Waals surface area contributed by atoms with Crippen molar-refractivity contribution in [2.75, 3.05) is 17.2 Å². The molecule has 2 aromatic carbocycles. The summed E-state index contributed by atoms with van der Waals surface area (Å²) in [6.07, 6.45) is 2.27. The van der Waals surface area contributed by atoms with Crippen LogP contribution in [0.3, 0.4) is 0 Å². The molecule has 1 aliphatic rings. The van der Waals surface area contributed by atoms with Gasteiger partial charge in [0.25, 0.3) is 5.91 Å². The van der Waals surface area contributed by atoms with Crippen molar-refractivity contribution < 1.29 is 4.79 Å². The molecule has 3 heteroatoms. The van der Waals surface area contributed by atoms with Gasteiger partial charge in [0, 0.05) is 23.5 Å². The van der Waals surface area contributed by atoms with Gasteiger partial charge in [0.1, 0.15) is 0 Å². The largest absolute Gasteiger partial charge is 0.385 e. The number of benzene rings is 2. The highest BCUT2D eigenvalue weighted by atomic mass is 16.1. The summed E-state index contributed by atoms with van der Waals surface area (Å²) >= 11 is 0. The Morgan fingerprint density at radius 2 is 2.00 bits per heavy atom. The van der Waals surface area contributed by atoms with Gasteiger partial charge in [-0.15, -0.1) is 0 Å². The van der Waals surface area contributed by atoms with E-state index in [1.54, 1.807) is 0 Å². The molecule has 0 aromatic heterocycles. The van der Waals surface area contributed by atoms with Crippen LogP contribution in [0.25, 0.3) is 0 Å². The first-order valence-corrected chi connectivity index (χ1v) is 7.39. The molecule has 0 spiro atoms. The summed E-state index contributed by atoms with van der Waals surface area (Å²) in [5.41, 5.74) is 6.20. The van der Waals surface area contributed by atoms with E-state index in [2.05, 4.69) is 16.7 Å². The Balaban J connectivity index is 1.81. The first-order chi connectivity index (χ1) is 10.1. The lowest BCUT2D eigenvalue weighted by Gasteiger charge is -2.19. The molecule has 0 aliphatic carbocycles. The minimum absolute atomic E-state index is 0.0525. The molecule has 3 nitrogen and oxygen atoms in total. The summed E-state index contributed by atoms with van der Waals surface area (Å²) in [4.78, 5) is 12.4. The molecule has 1 aliphatic heterocycles. The van der Waals surface area contributed by atoms with Crippen LogP contribution >= 0.6 is 0 Å². The predicted octanol–water partition coefficient (Wildman–Crippen LogP) is 3.91. The second-order valence-corrected chi connectivity index (χ2v) is 5.67. The summed E-state index contributed by atoms with van der Waals surface area (Å²) in [5.74, 6) is -0.0525. The van der Waals surface area contributed by atoms with Gasteiger partial charge in [-0.2, -0.15) is 0 Å². The van der Waals surface area contributed by atoms with Crippen molar-refractivity contribution >= 4 is 17.3 Å². The molecular formula is C18H20N2O. The molecule has 0 bridgehead atoms. The van der Waals surface area contributed by atoms with Crippen LogP contribution in [0, 0.1) is 13.8 Å². The van der Waals surface area contributed by atoms with Crippen molar-refractivity contribution in [3.63, 3.8) is 0 Å². The summed E-state index contributed by atoms with van der Waals surface area (Å²) in [5, 5.41) is 6.37. The normalized spacial score (nSPS) is 13.2. The van der Waals surface area contributed by atoms with E-state index >= 15 is 0 Å². The van der Waals surface area contributed by atoms with E-state index in [4.69, 9.17) is 0 Å². The van der Waals surface area contributed by atoms with Crippen molar-refractivity contribution in [1.29, 1.82) is 0 Å². The maximum Gasteiger partial charge on any atom is 0.255 e. The maximum atomic E-state index is 12.4. The molecule has 2 N–H and O–H groups in total. The average Bonchev–Trinajstić information content (AvgIpc) is 2.47. The highest BCUT2D eigenvalue weighted by Crippen LogP contribution is 2.25. The van der Waals surface area contributed by atoms with E-state index in [1.807, 2.05) is 44.2 Å². The number of carbonyl (C=O) groups is 1. The van der Waals surface area contributed by atoms with Gasteiger partial charge < -0.3 is 10.6 Å². The quantitative estimate of drug-likeness (QED) is 0.875. The van der Waals surface area contributed by atoms with Crippen molar-refractivity contribution in [1.82, 2.24) is 0 Å². The fraction of sp³-hybridized carbons (Fsp3) is 0.278. The topological polar surface area (TPSA) is 41.1 Å². The van der Waals surface area contributed by atoms with Gasteiger partial charge in [-0.3, -0.25) is 4.79 Å². The standard InChI is InChI=1S/C18H20N2O/c1-12-5-8-16(13(2)10-12)18(21)20-15-7-6-14-4-3-9-19-17(14)11-15/h5-8,10-11,19H,3-4,9H2,1-2H3,(H,20,21). The van der Waals surface area contributed by atoms with Crippen molar-refractivity contribution in [2.24, 2.45) is 0 Å². The Kier molecular flexibility index (Phi) is 3.65. The summed E-state index contributed by atoms with van der Waals surface area (Å²) in [6.45, 7) is 5.00. The Labute approximate surface area is 125 Å². The van der Waals surface area contributed by atoms with Crippen LogP contribution in [0.4, 0.5) is 11.4 Å². The zero-order valence-electron chi connectivity index (χ0n) is 12.5. The summed E-state index contributed by atoms with van der Waals surface area (Å²) in [7, 11) is 0. The van der Waals surface area contributed by atoms with Crippen LogP contribution in [0.1, 0.15) is 33.5 Å². The molecule has 0 saturated heterocycles. The first kappa shape index (κ1) is 13.7. The van der Waals surface area contributed by atoms with E-state index < -0.39 is 0 Å². The van der Waals surface area contributed by atoms with Crippen LogP contribution in [0.5, 0.6) is 0 Å². The number of nitrogens with one attached hydrogen (secondary N) is 2. The zero-order chi connectivity index (χ0) is 14.8. The SMILES string of the molecule is Cc1ccc(C(=O)Nc2ccc3c(c2)NCCC3)c(C)c1. The second-order valence-electron chi connectivity index (χ2n) is 5.67. The highest BCUT2D eigenvalue weighted by molar-refractivity contribution is 6.05. The van der Waals surface area contributed by atoms with E-state index in [1.165, 1.54) is 17.5 Å². The molecule has 2 aromatic rings. The van der Waals surface area contributed by atoms with Gasteiger partial charge >= 0.3 is 0 Å². The van der Waals surface area contributed by atoms with Crippen LogP contribution < -0.4 is 10.6 Å². The molecular weight excluding hydrogens is 260 g/mol. The van der Waals surface area contributed by atoms with Crippen molar-refractivity contribution in [3.05, 3.63) is 58.7 Å². The molecule has 0 fully saturated rings. The van der Waals surface area contributed by atoms with Crippen molar-refractivity contribution in [2.45, 2.75) is 26.7 Å². The number of carbonyl (C=O) groups excluding carboxylic acids is 1. The monoisotopic (exact) mass is 280 g/mol. The van der Waals surface area contributed by atoms with Crippen molar-refractivity contribution in [3.8, 4) is 0 Å². The smallest absolute Gasteiger partial charge is 0.255 e. The van der Waals surface area contributed by atoms with Crippen LogP contribution in [0.2, 0.25) is 0 Å². The third-order valence-corrected chi connectivity index (χ3v) is 3.93. The minimum Gasteiger partial charge on any atom is -0.385 e. The molecule has 1 amide bonds. The molecule has 0 atom stereocenters. The van der Waals surface area contributed by atoms with Gasteiger partial charge in [-0.05, 0) is 56.0 Å². The molecule has 21 heavy (non-hydrogen) atoms. The van der Waals surface area contributed by atoms with Crippen LogP contribution in [-0.2, 0) is 6.42 Å². The summed E-state index contributed by atoms with van der Waals surface area (Å²) in [6, 6.07) is 12.0. The van der Waals surface area contributed by atoms with E-state index in [0.29, 0.717) is 0 Å². The van der Waals surface area contributed by atoms with Gasteiger partial charge in [0.15, 0.2) is 0 Å². The third kappa shape index (κ3) is 2.92. The van der Waals surface area contributed by atoms with E-state index in [-0.39, 0.29) is 5.91 Å². The predicted molar refractivity (Wildman–Crippen MR) is 87.1 cm³/mol. The van der Waals surface area contributed by atoms with Gasteiger partial charge in [-0.25, -0.2) is 0 Å². The molecule has 108 valence electrons. The lowest BCUT2D eigenvalue weighted by molar-refractivity contribution is 0.102. The molecule has 3 rings (SSSR count). The Morgan fingerprint density at radius 3 is 2.81 bits per heavy atom. The molecule has 1 heterocycles. The Hall–Kier alpha value is -2.29. The molecule has 0 saturated carbocycles. The van der Waals surface area contributed by atoms with Crippen LogP contribution in [0.15, 0.2) is 36.4 Å². The lowest BCUT2D eigenvalue weighted by atomic mass is 10.0. The lowest BCUT2D eigenvalue weighted by Crippen LogP contribution is -2.15. The molecule has 0 radical (unpaired) electrons. The summed E-state index contributed by atoms with van der Waals surface area (Å²) < 4.78 is 0. The van der Waals surface area contributed by atoms with Gasteiger partial charge in [0.05, 0.1) is 0 Å². The third-order valence-electron chi connectivity index (χ3n) is 3.93. The number of anilines is 2. The van der Waals surface area contributed by atoms with Crippen LogP contribution in [-0.4, -0.2) is 12.5 Å². The fourth-order valence-electron chi connectivity index (χ4n) is 2.81. The van der Waals surface area contributed by atoms with Gasteiger partial charge in [0.2, 0.25) is 0 Å². The molecule has 0 unspecified atom stereocenters. The number of hydrogen-bond acceptors (Lipinski definition) is 2. The fourth-order valence-corrected chi connectivity index (χ4v) is 2.81. The number of hydrogen-bond donors (Lipinski definition) is 2. The zero-order valence-corrected chi connectivity index (χ0v) is 12.5. The van der Waals surface area contributed by atoms with Gasteiger partial charge in [-0.1, -0.05) is 23.8 Å². The van der Waals surface area contributed by atoms with E-state index in [9.17, 15) is 4.79 Å². The number of amides is 1. The maximum absolute atomic E-state index is 12.4. The highest BCUT2D eigenvalue weighted by Gasteiger charge is 2.12. The number of fused-ring (bicyclic) bond motifs is 1. The Morgan fingerprint density at radius 1 is 1.14 bits per heavy atom. The van der Waals surface area contributed by atoms with E-state index in [0.717, 1.165) is 35.5 Å². The second kappa shape index (κ2) is 5.60. The minimum atomic E-state index is -0.0525. The number of aryl methyl sites for hydroxylation is 3. The number of rotatable bonds is 2.